The lowest BCUT2D eigenvalue weighted by Gasteiger charge is -2.22. The van der Waals surface area contributed by atoms with E-state index in [1.165, 1.54) is 48.8 Å². The fourth-order valence-corrected chi connectivity index (χ4v) is 5.23. The first kappa shape index (κ1) is 31.5. The average Bonchev–Trinajstić information content (AvgIpc) is 3.03. The Morgan fingerprint density at radius 1 is 0.578 bits per heavy atom. The lowest BCUT2D eigenvalue weighted by atomic mass is 10.1. The van der Waals surface area contributed by atoms with Crippen LogP contribution < -0.4 is 15.5 Å². The quantitative estimate of drug-likeness (QED) is 0.0833. The second-order valence-corrected chi connectivity index (χ2v) is 11.3. The standard InChI is InChI=1S/C32H23F4N5O2S2/c33-30(34)44-22-14-10-20(11-15-22)39-26-8-3-1-6-24(26)28(42)41(32-37-18-5-19-38-32)29(43)25-7-2-4-9-27(25)40-21-12-16-23(17-13-21)45-31(35)36/h1-19,30-31,39-40H. The van der Waals surface area contributed by atoms with Crippen molar-refractivity contribution in [2.45, 2.75) is 21.3 Å². The zero-order valence-electron chi connectivity index (χ0n) is 23.1. The first-order valence-electron chi connectivity index (χ1n) is 13.3. The van der Waals surface area contributed by atoms with Gasteiger partial charge in [0, 0.05) is 33.6 Å². The molecule has 7 nitrogen and oxygen atoms in total. The summed E-state index contributed by atoms with van der Waals surface area (Å²) >= 11 is 0.843. The van der Waals surface area contributed by atoms with E-state index in [9.17, 15) is 27.2 Å². The van der Waals surface area contributed by atoms with Crippen molar-refractivity contribution in [3.8, 4) is 0 Å². The number of alkyl halides is 4. The summed E-state index contributed by atoms with van der Waals surface area (Å²) in [6.45, 7) is 0. The van der Waals surface area contributed by atoms with Crippen LogP contribution in [0.4, 0.5) is 46.3 Å². The summed E-state index contributed by atoms with van der Waals surface area (Å²) in [4.78, 5) is 38.3. The molecule has 0 aliphatic heterocycles. The number of hydrogen-bond acceptors (Lipinski definition) is 8. The van der Waals surface area contributed by atoms with E-state index in [0.29, 0.717) is 56.1 Å². The molecule has 2 amide bonds. The number of imide groups is 1. The summed E-state index contributed by atoms with van der Waals surface area (Å²) in [6.07, 6.45) is 2.81. The number of carbonyl (C=O) groups excluding carboxylic acids is 2. The number of nitrogens with one attached hydrogen (secondary N) is 2. The number of anilines is 5. The molecule has 228 valence electrons. The largest absolute Gasteiger partial charge is 0.355 e. The van der Waals surface area contributed by atoms with Crippen LogP contribution in [0.25, 0.3) is 0 Å². The molecule has 5 aromatic rings. The molecule has 0 radical (unpaired) electrons. The predicted octanol–water partition coefficient (Wildman–Crippen LogP) is 9.08. The molecule has 0 saturated carbocycles. The number of benzene rings is 4. The molecular weight excluding hydrogens is 627 g/mol. The third kappa shape index (κ3) is 8.19. The van der Waals surface area contributed by atoms with Gasteiger partial charge in [0.15, 0.2) is 0 Å². The summed E-state index contributed by atoms with van der Waals surface area (Å²) in [5.74, 6) is -6.70. The van der Waals surface area contributed by atoms with Crippen LogP contribution >= 0.6 is 23.5 Å². The summed E-state index contributed by atoms with van der Waals surface area (Å²) < 4.78 is 51.0. The van der Waals surface area contributed by atoms with Crippen LogP contribution in [0.5, 0.6) is 0 Å². The molecule has 2 N–H and O–H groups in total. The highest BCUT2D eigenvalue weighted by atomic mass is 32.2. The zero-order valence-corrected chi connectivity index (χ0v) is 24.7. The molecule has 0 unspecified atom stereocenters. The molecule has 0 aliphatic rings. The molecule has 0 atom stereocenters. The first-order valence-corrected chi connectivity index (χ1v) is 15.0. The van der Waals surface area contributed by atoms with Crippen LogP contribution in [-0.2, 0) is 0 Å². The minimum atomic E-state index is -2.55. The minimum Gasteiger partial charge on any atom is -0.355 e. The van der Waals surface area contributed by atoms with Crippen molar-refractivity contribution >= 4 is 64.0 Å². The van der Waals surface area contributed by atoms with Crippen molar-refractivity contribution in [1.29, 1.82) is 0 Å². The summed E-state index contributed by atoms with van der Waals surface area (Å²) in [7, 11) is 0. The Morgan fingerprint density at radius 2 is 0.978 bits per heavy atom. The van der Waals surface area contributed by atoms with Crippen molar-refractivity contribution in [3.63, 3.8) is 0 Å². The lowest BCUT2D eigenvalue weighted by Crippen LogP contribution is -2.39. The fourth-order valence-electron chi connectivity index (χ4n) is 4.23. The van der Waals surface area contributed by atoms with E-state index in [2.05, 4.69) is 20.6 Å². The van der Waals surface area contributed by atoms with Gasteiger partial charge >= 0.3 is 0 Å². The van der Waals surface area contributed by atoms with Gasteiger partial charge in [-0.2, -0.15) is 17.6 Å². The molecule has 0 bridgehead atoms. The zero-order chi connectivity index (χ0) is 31.8. The van der Waals surface area contributed by atoms with E-state index in [1.54, 1.807) is 66.7 Å². The molecule has 1 aromatic heterocycles. The molecule has 1 heterocycles. The molecule has 0 aliphatic carbocycles. The molecular formula is C32H23F4N5O2S2. The maximum Gasteiger partial charge on any atom is 0.288 e. The fraction of sp³-hybridized carbons (Fsp3) is 0.0625. The summed E-state index contributed by atoms with van der Waals surface area (Å²) in [6, 6.07) is 27.2. The van der Waals surface area contributed by atoms with Gasteiger partial charge in [0.2, 0.25) is 5.95 Å². The minimum absolute atomic E-state index is 0.127. The van der Waals surface area contributed by atoms with Crippen LogP contribution in [0, 0.1) is 0 Å². The average molecular weight is 650 g/mol. The molecule has 0 saturated heterocycles. The van der Waals surface area contributed by atoms with Crippen molar-refractivity contribution in [1.82, 2.24) is 9.97 Å². The van der Waals surface area contributed by atoms with E-state index in [1.807, 2.05) is 0 Å². The molecule has 0 fully saturated rings. The van der Waals surface area contributed by atoms with E-state index >= 15 is 0 Å². The molecule has 0 spiro atoms. The number of halogens is 4. The maximum atomic E-state index is 14.2. The van der Waals surface area contributed by atoms with Gasteiger partial charge in [-0.1, -0.05) is 47.8 Å². The number of aromatic nitrogens is 2. The van der Waals surface area contributed by atoms with Crippen molar-refractivity contribution in [3.05, 3.63) is 127 Å². The van der Waals surface area contributed by atoms with Gasteiger partial charge in [-0.15, -0.1) is 0 Å². The van der Waals surface area contributed by atoms with Crippen LogP contribution in [0.2, 0.25) is 0 Å². The maximum absolute atomic E-state index is 14.2. The first-order chi connectivity index (χ1) is 21.8. The van der Waals surface area contributed by atoms with Crippen LogP contribution in [0.15, 0.2) is 125 Å². The van der Waals surface area contributed by atoms with Gasteiger partial charge in [0.05, 0.1) is 22.5 Å². The monoisotopic (exact) mass is 649 g/mol. The lowest BCUT2D eigenvalue weighted by molar-refractivity contribution is 0.0896. The van der Waals surface area contributed by atoms with Gasteiger partial charge in [-0.3, -0.25) is 9.59 Å². The van der Waals surface area contributed by atoms with E-state index in [0.717, 1.165) is 4.90 Å². The van der Waals surface area contributed by atoms with Crippen molar-refractivity contribution in [2.24, 2.45) is 0 Å². The SMILES string of the molecule is O=C(c1ccccc1Nc1ccc(SC(F)F)cc1)N(C(=O)c1ccccc1Nc1ccc(SC(F)F)cc1)c1ncccn1. The van der Waals surface area contributed by atoms with Crippen LogP contribution in [-0.4, -0.2) is 33.3 Å². The van der Waals surface area contributed by atoms with Crippen LogP contribution in [0.3, 0.4) is 0 Å². The predicted molar refractivity (Wildman–Crippen MR) is 169 cm³/mol. The number of nitrogens with zero attached hydrogens (tertiary/aromatic N) is 3. The number of thioether (sulfide) groups is 2. The van der Waals surface area contributed by atoms with Gasteiger partial charge in [-0.25, -0.2) is 14.9 Å². The second-order valence-electron chi connectivity index (χ2n) is 9.14. The van der Waals surface area contributed by atoms with E-state index in [4.69, 9.17) is 0 Å². The number of hydrogen-bond donors (Lipinski definition) is 2. The van der Waals surface area contributed by atoms with Gasteiger partial charge in [0.1, 0.15) is 0 Å². The molecule has 4 aromatic carbocycles. The molecule has 13 heteroatoms. The highest BCUT2D eigenvalue weighted by Gasteiger charge is 2.31. The Bertz CT molecular complexity index is 1650. The van der Waals surface area contributed by atoms with Gasteiger partial charge in [-0.05, 0) is 78.9 Å². The Kier molecular flexibility index (Phi) is 10.3. The summed E-state index contributed by atoms with van der Waals surface area (Å²) in [5.41, 5.74) is 2.05. The number of amides is 2. The number of rotatable bonds is 11. The smallest absolute Gasteiger partial charge is 0.288 e. The van der Waals surface area contributed by atoms with Gasteiger partial charge in [0.25, 0.3) is 23.3 Å². The summed E-state index contributed by atoms with van der Waals surface area (Å²) in [5, 5.41) is 6.24. The number of para-hydroxylation sites is 2. The van der Waals surface area contributed by atoms with Crippen LogP contribution in [0.1, 0.15) is 20.7 Å². The Hall–Kier alpha value is -4.88. The topological polar surface area (TPSA) is 87.2 Å². The Morgan fingerprint density at radius 3 is 1.38 bits per heavy atom. The Labute approximate surface area is 264 Å². The highest BCUT2D eigenvalue weighted by molar-refractivity contribution is 7.99. The number of carbonyl (C=O) groups is 2. The third-order valence-corrected chi connectivity index (χ3v) is 7.64. The third-order valence-electron chi connectivity index (χ3n) is 6.19. The van der Waals surface area contributed by atoms with E-state index in [-0.39, 0.29) is 17.1 Å². The van der Waals surface area contributed by atoms with Crippen molar-refractivity contribution in [2.75, 3.05) is 15.5 Å². The van der Waals surface area contributed by atoms with Crippen molar-refractivity contribution < 1.29 is 27.2 Å². The highest BCUT2D eigenvalue weighted by Crippen LogP contribution is 2.31. The Balaban J connectivity index is 1.46. The van der Waals surface area contributed by atoms with E-state index < -0.39 is 23.3 Å². The van der Waals surface area contributed by atoms with Gasteiger partial charge < -0.3 is 10.6 Å². The second kappa shape index (κ2) is 14.7. The molecule has 5 rings (SSSR count). The normalized spacial score (nSPS) is 11.0. The molecule has 45 heavy (non-hydrogen) atoms.